The molecule has 5 rings (SSSR count). The number of carbonyl (C=O) groups is 1. The van der Waals surface area contributed by atoms with Crippen molar-refractivity contribution < 1.29 is 9.21 Å². The van der Waals surface area contributed by atoms with Gasteiger partial charge in [-0.05, 0) is 73.7 Å². The molecule has 0 fully saturated rings. The van der Waals surface area contributed by atoms with Crippen LogP contribution in [0.5, 0.6) is 0 Å². The molecule has 4 nitrogen and oxygen atoms in total. The van der Waals surface area contributed by atoms with Gasteiger partial charge in [0, 0.05) is 5.69 Å². The second-order valence-electron chi connectivity index (χ2n) is 8.61. The fraction of sp³-hybridized carbons (Fsp3) is 0.214. The molecular formula is C28H25NO3. The lowest BCUT2D eigenvalue weighted by atomic mass is 9.96. The highest BCUT2D eigenvalue weighted by Gasteiger charge is 2.43. The molecule has 0 saturated carbocycles. The summed E-state index contributed by atoms with van der Waals surface area (Å²) in [7, 11) is 0. The fourth-order valence-corrected chi connectivity index (χ4v) is 4.45. The largest absolute Gasteiger partial charge is 0.450 e. The SMILES string of the molecule is CCc1ccc(N2C(=O)c3oc4cc(C)c(C)cc4c(=O)c3C2c2ccc(C)cc2)cc1. The highest BCUT2D eigenvalue weighted by molar-refractivity contribution is 6.10. The molecule has 0 spiro atoms. The van der Waals surface area contributed by atoms with E-state index >= 15 is 0 Å². The molecule has 0 N–H and O–H groups in total. The summed E-state index contributed by atoms with van der Waals surface area (Å²) >= 11 is 0. The van der Waals surface area contributed by atoms with E-state index in [-0.39, 0.29) is 17.1 Å². The van der Waals surface area contributed by atoms with E-state index in [2.05, 4.69) is 6.92 Å². The Morgan fingerprint density at radius 2 is 1.53 bits per heavy atom. The monoisotopic (exact) mass is 423 g/mol. The topological polar surface area (TPSA) is 50.5 Å². The lowest BCUT2D eigenvalue weighted by Gasteiger charge is -2.25. The third-order valence-corrected chi connectivity index (χ3v) is 6.50. The number of rotatable bonds is 3. The Morgan fingerprint density at radius 3 is 2.19 bits per heavy atom. The van der Waals surface area contributed by atoms with Gasteiger partial charge in [0.2, 0.25) is 5.76 Å². The van der Waals surface area contributed by atoms with Crippen LogP contribution >= 0.6 is 0 Å². The first-order valence-corrected chi connectivity index (χ1v) is 11.0. The molecule has 1 unspecified atom stereocenters. The van der Waals surface area contributed by atoms with Gasteiger partial charge in [0.1, 0.15) is 5.58 Å². The summed E-state index contributed by atoms with van der Waals surface area (Å²) in [4.78, 5) is 29.1. The van der Waals surface area contributed by atoms with Crippen molar-refractivity contribution in [3.63, 3.8) is 0 Å². The molecule has 4 aromatic rings. The Morgan fingerprint density at radius 1 is 0.875 bits per heavy atom. The average molecular weight is 424 g/mol. The Balaban J connectivity index is 1.79. The molecule has 2 heterocycles. The average Bonchev–Trinajstić information content (AvgIpc) is 3.08. The van der Waals surface area contributed by atoms with Gasteiger partial charge in [0.15, 0.2) is 5.43 Å². The summed E-state index contributed by atoms with van der Waals surface area (Å²) in [5.41, 5.74) is 6.71. The second-order valence-corrected chi connectivity index (χ2v) is 8.61. The van der Waals surface area contributed by atoms with Gasteiger partial charge < -0.3 is 4.42 Å². The van der Waals surface area contributed by atoms with Crippen LogP contribution in [0.4, 0.5) is 5.69 Å². The predicted molar refractivity (Wildman–Crippen MR) is 128 cm³/mol. The zero-order valence-electron chi connectivity index (χ0n) is 18.7. The first-order chi connectivity index (χ1) is 15.4. The highest BCUT2D eigenvalue weighted by atomic mass is 16.3. The van der Waals surface area contributed by atoms with Crippen molar-refractivity contribution >= 4 is 22.6 Å². The molecule has 1 aromatic heterocycles. The van der Waals surface area contributed by atoms with E-state index in [1.54, 1.807) is 4.90 Å². The third-order valence-electron chi connectivity index (χ3n) is 6.50. The first-order valence-electron chi connectivity index (χ1n) is 11.0. The summed E-state index contributed by atoms with van der Waals surface area (Å²) < 4.78 is 6.11. The Kier molecular flexibility index (Phi) is 4.74. The quantitative estimate of drug-likeness (QED) is 0.404. The molecule has 1 aliphatic rings. The molecule has 1 aliphatic heterocycles. The number of hydrogen-bond acceptors (Lipinski definition) is 3. The molecule has 0 bridgehead atoms. The van der Waals surface area contributed by atoms with Crippen LogP contribution in [0.1, 0.15) is 56.9 Å². The Hall–Kier alpha value is -3.66. The summed E-state index contributed by atoms with van der Waals surface area (Å²) in [6.45, 7) is 8.07. The smallest absolute Gasteiger partial charge is 0.295 e. The molecule has 0 saturated heterocycles. The summed E-state index contributed by atoms with van der Waals surface area (Å²) in [6, 6.07) is 19.1. The molecular weight excluding hydrogens is 398 g/mol. The van der Waals surface area contributed by atoms with Crippen molar-refractivity contribution in [1.29, 1.82) is 0 Å². The molecule has 1 atom stereocenters. The van der Waals surface area contributed by atoms with Gasteiger partial charge in [-0.3, -0.25) is 14.5 Å². The van der Waals surface area contributed by atoms with Crippen LogP contribution in [0.3, 0.4) is 0 Å². The van der Waals surface area contributed by atoms with Crippen LogP contribution in [0, 0.1) is 20.8 Å². The van der Waals surface area contributed by atoms with Crippen molar-refractivity contribution in [1.82, 2.24) is 0 Å². The van der Waals surface area contributed by atoms with Crippen LogP contribution in [0.15, 0.2) is 69.9 Å². The predicted octanol–water partition coefficient (Wildman–Crippen LogP) is 6.03. The number of benzene rings is 3. The molecule has 0 radical (unpaired) electrons. The van der Waals surface area contributed by atoms with Gasteiger partial charge in [-0.2, -0.15) is 0 Å². The van der Waals surface area contributed by atoms with Crippen LogP contribution in [0.25, 0.3) is 11.0 Å². The van der Waals surface area contributed by atoms with Crippen molar-refractivity contribution in [2.45, 2.75) is 40.2 Å². The summed E-state index contributed by atoms with van der Waals surface area (Å²) in [6.07, 6.45) is 0.917. The molecule has 3 aromatic carbocycles. The lowest BCUT2D eigenvalue weighted by molar-refractivity contribution is 0.0971. The van der Waals surface area contributed by atoms with E-state index < -0.39 is 6.04 Å². The Bertz CT molecular complexity index is 1410. The first kappa shape index (κ1) is 20.3. The standard InChI is InChI=1S/C28H25NO3/c1-5-19-8-12-21(13-9-19)29-25(20-10-6-16(2)7-11-20)24-26(30)22-14-17(3)18(4)15-23(22)32-27(24)28(29)31/h6-15,25H,5H2,1-4H3. The number of carbonyl (C=O) groups excluding carboxylic acids is 1. The van der Waals surface area contributed by atoms with E-state index in [0.717, 1.165) is 34.4 Å². The molecule has 1 amide bonds. The minimum absolute atomic E-state index is 0.135. The molecule has 160 valence electrons. The molecule has 4 heteroatoms. The highest BCUT2D eigenvalue weighted by Crippen LogP contribution is 2.41. The van der Waals surface area contributed by atoms with Crippen LogP contribution < -0.4 is 10.3 Å². The number of aryl methyl sites for hydroxylation is 4. The van der Waals surface area contributed by atoms with E-state index in [1.807, 2.05) is 81.4 Å². The summed E-state index contributed by atoms with van der Waals surface area (Å²) in [5, 5.41) is 0.514. The van der Waals surface area contributed by atoms with Crippen LogP contribution in [-0.2, 0) is 6.42 Å². The van der Waals surface area contributed by atoms with Gasteiger partial charge in [0.25, 0.3) is 5.91 Å². The molecule has 0 aliphatic carbocycles. The number of fused-ring (bicyclic) bond motifs is 2. The number of hydrogen-bond donors (Lipinski definition) is 0. The van der Waals surface area contributed by atoms with Gasteiger partial charge in [-0.15, -0.1) is 0 Å². The number of nitrogens with zero attached hydrogens (tertiary/aromatic N) is 1. The van der Waals surface area contributed by atoms with E-state index in [0.29, 0.717) is 16.5 Å². The van der Waals surface area contributed by atoms with Crippen molar-refractivity contribution in [3.8, 4) is 0 Å². The lowest BCUT2D eigenvalue weighted by Crippen LogP contribution is -2.29. The second kappa shape index (κ2) is 7.49. The van der Waals surface area contributed by atoms with Gasteiger partial charge in [0.05, 0.1) is 17.0 Å². The van der Waals surface area contributed by atoms with Gasteiger partial charge in [-0.1, -0.05) is 48.9 Å². The van der Waals surface area contributed by atoms with Crippen molar-refractivity contribution in [3.05, 3.63) is 110 Å². The van der Waals surface area contributed by atoms with Gasteiger partial charge >= 0.3 is 0 Å². The van der Waals surface area contributed by atoms with E-state index in [9.17, 15) is 9.59 Å². The maximum Gasteiger partial charge on any atom is 0.295 e. The maximum atomic E-state index is 13.7. The minimum Gasteiger partial charge on any atom is -0.450 e. The van der Waals surface area contributed by atoms with Crippen molar-refractivity contribution in [2.24, 2.45) is 0 Å². The maximum absolute atomic E-state index is 13.7. The number of anilines is 1. The normalized spacial score (nSPS) is 15.4. The number of amides is 1. The van der Waals surface area contributed by atoms with Gasteiger partial charge in [-0.25, -0.2) is 0 Å². The van der Waals surface area contributed by atoms with E-state index in [1.165, 1.54) is 5.56 Å². The zero-order chi connectivity index (χ0) is 22.6. The minimum atomic E-state index is -0.534. The van der Waals surface area contributed by atoms with Crippen molar-refractivity contribution in [2.75, 3.05) is 4.90 Å². The van der Waals surface area contributed by atoms with Crippen LogP contribution in [-0.4, -0.2) is 5.91 Å². The summed E-state index contributed by atoms with van der Waals surface area (Å²) in [5.74, 6) is -0.150. The zero-order valence-corrected chi connectivity index (χ0v) is 18.7. The third kappa shape index (κ3) is 3.06. The van der Waals surface area contributed by atoms with E-state index in [4.69, 9.17) is 4.42 Å². The fourth-order valence-electron chi connectivity index (χ4n) is 4.45. The molecule has 32 heavy (non-hydrogen) atoms. The van der Waals surface area contributed by atoms with Crippen LogP contribution in [0.2, 0.25) is 0 Å². The Labute approximate surface area is 187 Å².